The summed E-state index contributed by atoms with van der Waals surface area (Å²) in [6.07, 6.45) is 0. The van der Waals surface area contributed by atoms with Gasteiger partial charge in [0.1, 0.15) is 11.2 Å². The van der Waals surface area contributed by atoms with E-state index in [9.17, 15) is 0 Å². The zero-order chi connectivity index (χ0) is 9.14. The molecule has 63 valence electrons. The van der Waals surface area contributed by atoms with Crippen LogP contribution in [0.5, 0.6) is 0 Å². The van der Waals surface area contributed by atoms with E-state index in [0.29, 0.717) is 0 Å². The minimum absolute atomic E-state index is 0.737. The highest BCUT2D eigenvalue weighted by Crippen LogP contribution is 2.22. The number of rotatable bonds is 2. The SMILES string of the molecule is Cc1cc(N(C)C)ccc1N=[NH+]. The molecule has 0 unspecified atom stereocenters. The van der Waals surface area contributed by atoms with E-state index in [-0.39, 0.29) is 0 Å². The van der Waals surface area contributed by atoms with Gasteiger partial charge in [-0.1, -0.05) is 0 Å². The third kappa shape index (κ3) is 1.61. The van der Waals surface area contributed by atoms with Gasteiger partial charge in [0, 0.05) is 19.8 Å². The molecule has 0 atom stereocenters. The molecule has 1 N–H and O–H groups in total. The Hall–Kier alpha value is -1.38. The van der Waals surface area contributed by atoms with Crippen LogP contribution in [0.3, 0.4) is 0 Å². The number of benzene rings is 1. The number of hydrogen-bond donors (Lipinski definition) is 1. The molecule has 0 spiro atoms. The lowest BCUT2D eigenvalue weighted by atomic mass is 10.2. The fraction of sp³-hybridized carbons (Fsp3) is 0.333. The van der Waals surface area contributed by atoms with Crippen LogP contribution in [0.15, 0.2) is 23.3 Å². The molecular weight excluding hydrogens is 150 g/mol. The summed E-state index contributed by atoms with van der Waals surface area (Å²) in [6.45, 7) is 1.96. The van der Waals surface area contributed by atoms with E-state index in [2.05, 4.69) is 5.11 Å². The Kier molecular flexibility index (Phi) is 2.43. The first kappa shape index (κ1) is 8.71. The number of nitrogens with zero attached hydrogens (tertiary/aromatic N) is 2. The standard InChI is InChI=1S/C9H13N3/c1-7-6-8(12(2)3)4-5-9(7)11-10/h4-6,10H,1-3H3/q+1. The Bertz CT molecular complexity index is 292. The van der Waals surface area contributed by atoms with E-state index >= 15 is 0 Å². The molecule has 0 heterocycles. The van der Waals surface area contributed by atoms with E-state index in [1.165, 1.54) is 0 Å². The van der Waals surface area contributed by atoms with Crippen LogP contribution < -0.4 is 10.4 Å². The van der Waals surface area contributed by atoms with Crippen LogP contribution in [-0.4, -0.2) is 14.1 Å². The molecule has 1 aromatic carbocycles. The molecule has 1 radical (unpaired) electrons. The van der Waals surface area contributed by atoms with Crippen LogP contribution in [0, 0.1) is 6.92 Å². The van der Waals surface area contributed by atoms with Gasteiger partial charge < -0.3 is 4.90 Å². The third-order valence-corrected chi connectivity index (χ3v) is 1.82. The molecule has 0 amide bonds. The molecule has 1 aromatic rings. The number of hydrogen-bond acceptors (Lipinski definition) is 3. The van der Waals surface area contributed by atoms with Gasteiger partial charge in [0.25, 0.3) is 0 Å². The Morgan fingerprint density at radius 1 is 1.33 bits per heavy atom. The normalized spacial score (nSPS) is 9.58. The monoisotopic (exact) mass is 163 g/mol. The van der Waals surface area contributed by atoms with Crippen LogP contribution in [0.25, 0.3) is 0 Å². The Morgan fingerprint density at radius 2 is 2.00 bits per heavy atom. The van der Waals surface area contributed by atoms with Crippen LogP contribution in [-0.2, 0) is 0 Å². The Morgan fingerprint density at radius 3 is 2.42 bits per heavy atom. The Balaban J connectivity index is 3.10. The summed E-state index contributed by atoms with van der Waals surface area (Å²) in [5.41, 5.74) is 9.79. The van der Waals surface area contributed by atoms with Crippen molar-refractivity contribution in [3.8, 4) is 0 Å². The van der Waals surface area contributed by atoms with E-state index in [1.807, 2.05) is 44.1 Å². The maximum Gasteiger partial charge on any atom is 0.144 e. The topological polar surface area (TPSA) is 39.4 Å². The summed E-state index contributed by atoms with van der Waals surface area (Å²) in [5.74, 6) is 0. The predicted octanol–water partition coefficient (Wildman–Crippen LogP) is 0.690. The van der Waals surface area contributed by atoms with E-state index in [1.54, 1.807) is 0 Å². The van der Waals surface area contributed by atoms with E-state index in [4.69, 9.17) is 5.53 Å². The fourth-order valence-corrected chi connectivity index (χ4v) is 1.04. The van der Waals surface area contributed by atoms with Gasteiger partial charge in [-0.15, -0.1) is 0 Å². The van der Waals surface area contributed by atoms with Crippen LogP contribution in [0.1, 0.15) is 5.56 Å². The van der Waals surface area contributed by atoms with Crippen LogP contribution in [0.4, 0.5) is 11.4 Å². The average Bonchev–Trinajstić information content (AvgIpc) is 2.04. The van der Waals surface area contributed by atoms with Crippen molar-refractivity contribution < 1.29 is 5.53 Å². The number of nitrogens with one attached hydrogen (secondary N) is 1. The summed E-state index contributed by atoms with van der Waals surface area (Å²) >= 11 is 0. The molecule has 12 heavy (non-hydrogen) atoms. The van der Waals surface area contributed by atoms with Crippen molar-refractivity contribution in [3.63, 3.8) is 0 Å². The lowest BCUT2D eigenvalue weighted by Crippen LogP contribution is -2.22. The average molecular weight is 163 g/mol. The van der Waals surface area contributed by atoms with E-state index < -0.39 is 0 Å². The summed E-state index contributed by atoms with van der Waals surface area (Å²) in [7, 11) is 3.98. The summed E-state index contributed by atoms with van der Waals surface area (Å²) in [6, 6.07) is 5.84. The van der Waals surface area contributed by atoms with Crippen molar-refractivity contribution in [1.29, 1.82) is 0 Å². The molecule has 3 nitrogen and oxygen atoms in total. The maximum absolute atomic E-state index is 6.87. The summed E-state index contributed by atoms with van der Waals surface area (Å²) < 4.78 is 0. The van der Waals surface area contributed by atoms with Crippen LogP contribution >= 0.6 is 0 Å². The molecule has 1 rings (SSSR count). The van der Waals surface area contributed by atoms with Crippen molar-refractivity contribution in [2.24, 2.45) is 5.11 Å². The minimum Gasteiger partial charge on any atom is -0.378 e. The van der Waals surface area contributed by atoms with Gasteiger partial charge in [0.2, 0.25) is 0 Å². The zero-order valence-electron chi connectivity index (χ0n) is 7.63. The van der Waals surface area contributed by atoms with Crippen molar-refractivity contribution in [2.45, 2.75) is 6.92 Å². The quantitative estimate of drug-likeness (QED) is 0.640. The smallest absolute Gasteiger partial charge is 0.144 e. The molecule has 0 aliphatic heterocycles. The molecule has 0 aromatic heterocycles. The first-order chi connectivity index (χ1) is 5.65. The van der Waals surface area contributed by atoms with Crippen molar-refractivity contribution >= 4 is 11.4 Å². The zero-order valence-corrected chi connectivity index (χ0v) is 7.63. The van der Waals surface area contributed by atoms with Gasteiger partial charge in [0.05, 0.1) is 5.11 Å². The summed E-state index contributed by atoms with van der Waals surface area (Å²) in [4.78, 5) is 2.03. The van der Waals surface area contributed by atoms with Gasteiger partial charge in [-0.3, -0.25) is 0 Å². The lowest BCUT2D eigenvalue weighted by molar-refractivity contribution is -0.210. The summed E-state index contributed by atoms with van der Waals surface area (Å²) in [5, 5.41) is 3.40. The second-order valence-corrected chi connectivity index (χ2v) is 2.98. The second-order valence-electron chi connectivity index (χ2n) is 2.98. The largest absolute Gasteiger partial charge is 0.378 e. The van der Waals surface area contributed by atoms with Gasteiger partial charge in [0.15, 0.2) is 0 Å². The van der Waals surface area contributed by atoms with E-state index in [0.717, 1.165) is 16.9 Å². The van der Waals surface area contributed by atoms with Crippen molar-refractivity contribution in [2.75, 3.05) is 19.0 Å². The number of aryl methyl sites for hydroxylation is 1. The van der Waals surface area contributed by atoms with Gasteiger partial charge in [-0.05, 0) is 30.7 Å². The molecule has 0 fully saturated rings. The third-order valence-electron chi connectivity index (χ3n) is 1.82. The predicted molar refractivity (Wildman–Crippen MR) is 48.6 cm³/mol. The lowest BCUT2D eigenvalue weighted by Gasteiger charge is -2.12. The first-order valence-electron chi connectivity index (χ1n) is 3.80. The molecule has 0 saturated carbocycles. The highest BCUT2D eigenvalue weighted by atomic mass is 15.1. The minimum atomic E-state index is 0.737. The molecule has 0 bridgehead atoms. The Labute approximate surface area is 72.5 Å². The number of anilines is 1. The molecule has 0 aliphatic carbocycles. The van der Waals surface area contributed by atoms with Gasteiger partial charge in [-0.2, -0.15) is 0 Å². The molecule has 0 aliphatic rings. The van der Waals surface area contributed by atoms with Crippen molar-refractivity contribution in [3.05, 3.63) is 23.8 Å². The second kappa shape index (κ2) is 3.34. The van der Waals surface area contributed by atoms with Crippen LogP contribution in [0.2, 0.25) is 0 Å². The fourth-order valence-electron chi connectivity index (χ4n) is 1.04. The molecular formula is C9H13N3+. The molecule has 3 heteroatoms. The highest BCUT2D eigenvalue weighted by Gasteiger charge is 2.01. The van der Waals surface area contributed by atoms with Crippen molar-refractivity contribution in [1.82, 2.24) is 0 Å². The van der Waals surface area contributed by atoms with Gasteiger partial charge >= 0.3 is 0 Å². The first-order valence-corrected chi connectivity index (χ1v) is 3.80. The van der Waals surface area contributed by atoms with Gasteiger partial charge in [-0.25, -0.2) is 0 Å². The highest BCUT2D eigenvalue weighted by molar-refractivity contribution is 5.56. The molecule has 0 saturated heterocycles. The maximum atomic E-state index is 6.87.